The number of nitrogens with zero attached hydrogens (tertiary/aromatic N) is 4. The van der Waals surface area contributed by atoms with Gasteiger partial charge in [-0.25, -0.2) is 0 Å². The lowest BCUT2D eigenvalue weighted by molar-refractivity contribution is -0.0870. The Hall–Kier alpha value is -2.90. The Kier molecular flexibility index (Phi) is 6.69. The van der Waals surface area contributed by atoms with Crippen molar-refractivity contribution in [1.82, 2.24) is 15.0 Å². The Morgan fingerprint density at radius 1 is 1.15 bits per heavy atom. The zero-order valence-electron chi connectivity index (χ0n) is 21.4. The number of nitrogens with two attached hydrogens (primary N) is 1. The van der Waals surface area contributed by atoms with Gasteiger partial charge in [0.1, 0.15) is 0 Å². The van der Waals surface area contributed by atoms with Gasteiger partial charge in [0.2, 0.25) is 23.8 Å². The summed E-state index contributed by atoms with van der Waals surface area (Å²) in [7, 11) is 2.00. The monoisotopic (exact) mass is 465 g/mol. The lowest BCUT2D eigenvalue weighted by atomic mass is 9.47. The number of carbonyl (C=O) groups excluding carboxylic acids is 1. The molecule has 184 valence electrons. The van der Waals surface area contributed by atoms with E-state index in [4.69, 9.17) is 10.7 Å². The van der Waals surface area contributed by atoms with E-state index in [1.54, 1.807) is 12.1 Å². The average Bonchev–Trinajstić information content (AvgIpc) is 2.78. The molecule has 8 heteroatoms. The SMILES string of the molecule is Cc1c(Nc2nc(NCC3C[C@@H]4C[C@@H](C3)C4(C)C)nc(N(C)CC(C)C)n2)cccc1C(N)=O. The lowest BCUT2D eigenvalue weighted by Crippen LogP contribution is -2.51. The van der Waals surface area contributed by atoms with Gasteiger partial charge in [0.25, 0.3) is 0 Å². The molecule has 1 aromatic heterocycles. The molecule has 8 nitrogen and oxygen atoms in total. The summed E-state index contributed by atoms with van der Waals surface area (Å²) >= 11 is 0. The first-order valence-electron chi connectivity index (χ1n) is 12.4. The number of primary amides is 1. The van der Waals surface area contributed by atoms with E-state index >= 15 is 0 Å². The normalized spacial score (nSPS) is 22.7. The first kappa shape index (κ1) is 24.2. The van der Waals surface area contributed by atoms with Gasteiger partial charge in [-0.05, 0) is 73.0 Å². The molecule has 1 aromatic carbocycles. The number of amides is 1. The highest BCUT2D eigenvalue weighted by Gasteiger charge is 2.52. The van der Waals surface area contributed by atoms with E-state index in [2.05, 4.69) is 48.3 Å². The summed E-state index contributed by atoms with van der Waals surface area (Å²) in [5.41, 5.74) is 8.03. The third-order valence-corrected chi connectivity index (χ3v) is 7.91. The van der Waals surface area contributed by atoms with Crippen molar-refractivity contribution in [3.05, 3.63) is 29.3 Å². The van der Waals surface area contributed by atoms with Crippen LogP contribution >= 0.6 is 0 Å². The summed E-state index contributed by atoms with van der Waals surface area (Å²) < 4.78 is 0. The molecule has 0 aliphatic heterocycles. The molecule has 2 bridgehead atoms. The Bertz CT molecular complexity index is 1040. The minimum absolute atomic E-state index is 0.445. The van der Waals surface area contributed by atoms with E-state index in [0.29, 0.717) is 40.7 Å². The summed E-state index contributed by atoms with van der Waals surface area (Å²) in [6, 6.07) is 5.42. The molecular formula is C26H39N7O. The number of carbonyl (C=O) groups is 1. The maximum Gasteiger partial charge on any atom is 0.249 e. The van der Waals surface area contributed by atoms with Crippen LogP contribution in [0.2, 0.25) is 0 Å². The van der Waals surface area contributed by atoms with Crippen LogP contribution in [-0.2, 0) is 0 Å². The van der Waals surface area contributed by atoms with E-state index in [9.17, 15) is 4.79 Å². The van der Waals surface area contributed by atoms with Gasteiger partial charge in [-0.2, -0.15) is 15.0 Å². The molecule has 0 saturated heterocycles. The minimum atomic E-state index is -0.454. The number of benzene rings is 1. The van der Waals surface area contributed by atoms with Crippen LogP contribution < -0.4 is 21.3 Å². The van der Waals surface area contributed by atoms with E-state index in [1.807, 2.05) is 24.9 Å². The van der Waals surface area contributed by atoms with Gasteiger partial charge in [0.15, 0.2) is 0 Å². The third-order valence-electron chi connectivity index (χ3n) is 7.91. The Labute approximate surface area is 203 Å². The van der Waals surface area contributed by atoms with Crippen molar-refractivity contribution in [2.45, 2.75) is 53.9 Å². The van der Waals surface area contributed by atoms with Crippen LogP contribution in [0, 0.1) is 36.0 Å². The van der Waals surface area contributed by atoms with Crippen molar-refractivity contribution < 1.29 is 4.79 Å². The predicted octanol–water partition coefficient (Wildman–Crippen LogP) is 4.60. The van der Waals surface area contributed by atoms with E-state index < -0.39 is 5.91 Å². The van der Waals surface area contributed by atoms with Crippen LogP contribution in [0.15, 0.2) is 18.2 Å². The minimum Gasteiger partial charge on any atom is -0.366 e. The second-order valence-electron chi connectivity index (χ2n) is 11.2. The van der Waals surface area contributed by atoms with Crippen molar-refractivity contribution in [3.8, 4) is 0 Å². The quantitative estimate of drug-likeness (QED) is 0.496. The number of nitrogens with one attached hydrogen (secondary N) is 2. The Balaban J connectivity index is 1.54. The fraction of sp³-hybridized carbons (Fsp3) is 0.615. The molecule has 1 heterocycles. The lowest BCUT2D eigenvalue weighted by Gasteiger charge is -2.59. The average molecular weight is 466 g/mol. The zero-order chi connectivity index (χ0) is 24.6. The zero-order valence-corrected chi connectivity index (χ0v) is 21.4. The second-order valence-corrected chi connectivity index (χ2v) is 11.2. The topological polar surface area (TPSA) is 109 Å². The third kappa shape index (κ3) is 4.95. The van der Waals surface area contributed by atoms with Crippen molar-refractivity contribution >= 4 is 29.4 Å². The van der Waals surface area contributed by atoms with E-state index in [-0.39, 0.29) is 0 Å². The summed E-state index contributed by atoms with van der Waals surface area (Å²) in [6.07, 6.45) is 3.93. The molecule has 3 fully saturated rings. The molecule has 1 amide bonds. The Morgan fingerprint density at radius 3 is 2.44 bits per heavy atom. The molecule has 0 spiro atoms. The number of anilines is 4. The molecule has 0 radical (unpaired) electrons. The summed E-state index contributed by atoms with van der Waals surface area (Å²) in [5, 5.41) is 6.78. The number of hydrogen-bond acceptors (Lipinski definition) is 7. The first-order valence-corrected chi connectivity index (χ1v) is 12.4. The maximum absolute atomic E-state index is 11.8. The number of hydrogen-bond donors (Lipinski definition) is 3. The molecular weight excluding hydrogens is 426 g/mol. The number of fused-ring (bicyclic) bond motifs is 2. The van der Waals surface area contributed by atoms with Crippen LogP contribution in [0.3, 0.4) is 0 Å². The molecule has 3 aliphatic rings. The smallest absolute Gasteiger partial charge is 0.249 e. The first-order chi connectivity index (χ1) is 16.0. The summed E-state index contributed by atoms with van der Waals surface area (Å²) in [4.78, 5) is 27.9. The van der Waals surface area contributed by atoms with Crippen molar-refractivity contribution in [3.63, 3.8) is 0 Å². The summed E-state index contributed by atoms with van der Waals surface area (Å²) in [6.45, 7) is 12.8. The van der Waals surface area contributed by atoms with Crippen molar-refractivity contribution in [1.29, 1.82) is 0 Å². The van der Waals surface area contributed by atoms with Crippen LogP contribution in [0.5, 0.6) is 0 Å². The van der Waals surface area contributed by atoms with E-state index in [0.717, 1.165) is 36.2 Å². The largest absolute Gasteiger partial charge is 0.366 e. The molecule has 3 aliphatic carbocycles. The maximum atomic E-state index is 11.8. The molecule has 2 aromatic rings. The highest BCUT2D eigenvalue weighted by atomic mass is 16.1. The van der Waals surface area contributed by atoms with Gasteiger partial charge in [0.05, 0.1) is 0 Å². The van der Waals surface area contributed by atoms with Gasteiger partial charge < -0.3 is 21.3 Å². The van der Waals surface area contributed by atoms with Gasteiger partial charge in [-0.15, -0.1) is 0 Å². The van der Waals surface area contributed by atoms with Crippen molar-refractivity contribution in [2.75, 3.05) is 35.7 Å². The van der Waals surface area contributed by atoms with Crippen LogP contribution in [0.25, 0.3) is 0 Å². The van der Waals surface area contributed by atoms with E-state index in [1.165, 1.54) is 19.3 Å². The fourth-order valence-corrected chi connectivity index (χ4v) is 5.69. The second kappa shape index (κ2) is 9.39. The van der Waals surface area contributed by atoms with Crippen LogP contribution in [-0.4, -0.2) is 41.0 Å². The van der Waals surface area contributed by atoms with Crippen LogP contribution in [0.1, 0.15) is 62.9 Å². The van der Waals surface area contributed by atoms with Gasteiger partial charge in [-0.3, -0.25) is 4.79 Å². The van der Waals surface area contributed by atoms with Gasteiger partial charge in [0, 0.05) is 31.4 Å². The number of aromatic nitrogens is 3. The molecule has 5 rings (SSSR count). The fourth-order valence-electron chi connectivity index (χ4n) is 5.69. The van der Waals surface area contributed by atoms with Crippen LogP contribution in [0.4, 0.5) is 23.5 Å². The number of rotatable bonds is 9. The molecule has 34 heavy (non-hydrogen) atoms. The highest BCUT2D eigenvalue weighted by Crippen LogP contribution is 2.60. The van der Waals surface area contributed by atoms with Crippen molar-refractivity contribution in [2.24, 2.45) is 34.8 Å². The molecule has 4 N–H and O–H groups in total. The highest BCUT2D eigenvalue weighted by molar-refractivity contribution is 5.95. The van der Waals surface area contributed by atoms with Gasteiger partial charge in [-0.1, -0.05) is 33.8 Å². The summed E-state index contributed by atoms with van der Waals surface area (Å²) in [5.74, 6) is 3.97. The molecule has 3 saturated carbocycles. The predicted molar refractivity (Wildman–Crippen MR) is 138 cm³/mol. The van der Waals surface area contributed by atoms with Gasteiger partial charge >= 0.3 is 0 Å². The molecule has 0 unspecified atom stereocenters. The molecule has 2 atom stereocenters. The Morgan fingerprint density at radius 2 is 1.82 bits per heavy atom. The standard InChI is InChI=1S/C26H39N7O/c1-15(2)14-33(6)25-31-23(28-13-17-10-18-12-19(11-17)26(18,4)5)30-24(32-25)29-21-9-7-8-20(16(21)3)22(27)34/h7-9,15,17-19H,10-14H2,1-6H3,(H2,27,34)(H2,28,29,30,31,32)/t18-,19-/m1/s1.